The van der Waals surface area contributed by atoms with Crippen LogP contribution in [0.4, 0.5) is 0 Å². The first kappa shape index (κ1) is 9.55. The Bertz CT molecular complexity index is 297. The van der Waals surface area contributed by atoms with Gasteiger partial charge in [0.05, 0.1) is 4.47 Å². The Kier molecular flexibility index (Phi) is 2.75. The Morgan fingerprint density at radius 3 is 2.58 bits per heavy atom. The highest BCUT2D eigenvalue weighted by atomic mass is 79.9. The highest BCUT2D eigenvalue weighted by molar-refractivity contribution is 9.10. The van der Waals surface area contributed by atoms with Crippen molar-refractivity contribution in [1.29, 1.82) is 0 Å². The Balaban J connectivity index is 3.28. The molecule has 0 heterocycles. The summed E-state index contributed by atoms with van der Waals surface area (Å²) in [7, 11) is 0. The van der Waals surface area contributed by atoms with Gasteiger partial charge in [-0.1, -0.05) is 6.07 Å². The lowest BCUT2D eigenvalue weighted by Gasteiger charge is -2.10. The van der Waals surface area contributed by atoms with E-state index in [1.54, 1.807) is 0 Å². The van der Waals surface area contributed by atoms with Gasteiger partial charge in [0.1, 0.15) is 5.75 Å². The van der Waals surface area contributed by atoms with E-state index in [0.29, 0.717) is 4.47 Å². The van der Waals surface area contributed by atoms with Crippen LogP contribution in [-0.2, 0) is 0 Å². The van der Waals surface area contributed by atoms with E-state index in [1.807, 2.05) is 26.0 Å². The van der Waals surface area contributed by atoms with Gasteiger partial charge in [-0.2, -0.15) is 0 Å². The van der Waals surface area contributed by atoms with Crippen molar-refractivity contribution in [3.63, 3.8) is 0 Å². The zero-order valence-electron chi connectivity index (χ0n) is 7.13. The summed E-state index contributed by atoms with van der Waals surface area (Å²) in [5.41, 5.74) is 7.54. The lowest BCUT2D eigenvalue weighted by atomic mass is 10.1. The highest BCUT2D eigenvalue weighted by Crippen LogP contribution is 2.32. The Hall–Kier alpha value is -0.540. The predicted octanol–water partition coefficient (Wildman–Crippen LogP) is 2.48. The smallest absolute Gasteiger partial charge is 0.134 e. The minimum atomic E-state index is -0.138. The molecule has 0 radical (unpaired) electrons. The van der Waals surface area contributed by atoms with Crippen molar-refractivity contribution < 1.29 is 5.11 Å². The van der Waals surface area contributed by atoms with Crippen LogP contribution in [-0.4, -0.2) is 5.11 Å². The second kappa shape index (κ2) is 3.46. The van der Waals surface area contributed by atoms with Crippen molar-refractivity contribution in [2.45, 2.75) is 19.9 Å². The van der Waals surface area contributed by atoms with Crippen LogP contribution >= 0.6 is 15.9 Å². The van der Waals surface area contributed by atoms with E-state index in [2.05, 4.69) is 15.9 Å². The number of phenolic OH excluding ortho intramolecular Hbond substituents is 1. The molecule has 0 saturated carbocycles. The Morgan fingerprint density at radius 2 is 2.08 bits per heavy atom. The third-order valence-corrected chi connectivity index (χ3v) is 2.33. The van der Waals surface area contributed by atoms with Crippen molar-refractivity contribution >= 4 is 15.9 Å². The molecule has 0 fully saturated rings. The third-order valence-electron chi connectivity index (χ3n) is 1.73. The molecule has 0 aliphatic heterocycles. The highest BCUT2D eigenvalue weighted by Gasteiger charge is 2.09. The van der Waals surface area contributed by atoms with Crippen LogP contribution in [0.3, 0.4) is 0 Å². The van der Waals surface area contributed by atoms with E-state index in [4.69, 9.17) is 5.73 Å². The predicted molar refractivity (Wildman–Crippen MR) is 53.1 cm³/mol. The summed E-state index contributed by atoms with van der Waals surface area (Å²) in [6, 6.07) is 3.62. The fourth-order valence-corrected chi connectivity index (χ4v) is 1.70. The lowest BCUT2D eigenvalue weighted by molar-refractivity contribution is 0.460. The monoisotopic (exact) mass is 229 g/mol. The Morgan fingerprint density at radius 1 is 1.50 bits per heavy atom. The number of hydrogen-bond acceptors (Lipinski definition) is 2. The van der Waals surface area contributed by atoms with Gasteiger partial charge in [0, 0.05) is 11.6 Å². The first-order valence-electron chi connectivity index (χ1n) is 3.77. The van der Waals surface area contributed by atoms with E-state index in [-0.39, 0.29) is 11.8 Å². The number of nitrogens with two attached hydrogens (primary N) is 1. The molecule has 0 saturated heterocycles. The summed E-state index contributed by atoms with van der Waals surface area (Å²) in [6.45, 7) is 3.82. The second-order valence-corrected chi connectivity index (χ2v) is 3.83. The van der Waals surface area contributed by atoms with Crippen LogP contribution in [0, 0.1) is 6.92 Å². The molecule has 1 atom stereocenters. The number of aromatic hydroxyl groups is 1. The minimum absolute atomic E-state index is 0.138. The second-order valence-electron chi connectivity index (χ2n) is 2.97. The minimum Gasteiger partial charge on any atom is -0.506 e. The summed E-state index contributed by atoms with van der Waals surface area (Å²) in [6.07, 6.45) is 0. The van der Waals surface area contributed by atoms with Crippen LogP contribution in [0.2, 0.25) is 0 Å². The molecule has 3 heteroatoms. The number of halogens is 1. The fraction of sp³-hybridized carbons (Fsp3) is 0.333. The average molecular weight is 230 g/mol. The maximum Gasteiger partial charge on any atom is 0.134 e. The molecule has 0 unspecified atom stereocenters. The van der Waals surface area contributed by atoms with E-state index in [0.717, 1.165) is 11.1 Å². The summed E-state index contributed by atoms with van der Waals surface area (Å²) < 4.78 is 0.704. The molecule has 0 aliphatic rings. The van der Waals surface area contributed by atoms with Gasteiger partial charge in [-0.15, -0.1) is 0 Å². The number of rotatable bonds is 1. The fourth-order valence-electron chi connectivity index (χ4n) is 1.11. The van der Waals surface area contributed by atoms with Crippen molar-refractivity contribution in [3.05, 3.63) is 27.7 Å². The van der Waals surface area contributed by atoms with Crippen LogP contribution in [0.15, 0.2) is 16.6 Å². The van der Waals surface area contributed by atoms with Crippen LogP contribution in [0.25, 0.3) is 0 Å². The van der Waals surface area contributed by atoms with Crippen LogP contribution in [0.5, 0.6) is 5.75 Å². The number of phenols is 1. The Labute approximate surface area is 80.5 Å². The van der Waals surface area contributed by atoms with Crippen molar-refractivity contribution in [2.24, 2.45) is 5.73 Å². The molecular formula is C9H12BrNO. The molecule has 12 heavy (non-hydrogen) atoms. The van der Waals surface area contributed by atoms with Crippen molar-refractivity contribution in [1.82, 2.24) is 0 Å². The van der Waals surface area contributed by atoms with Crippen LogP contribution in [0.1, 0.15) is 24.1 Å². The molecule has 0 bridgehead atoms. The topological polar surface area (TPSA) is 46.2 Å². The largest absolute Gasteiger partial charge is 0.506 e. The number of hydrogen-bond donors (Lipinski definition) is 2. The molecule has 1 aromatic rings. The first-order chi connectivity index (χ1) is 5.52. The molecule has 0 amide bonds. The van der Waals surface area contributed by atoms with Crippen molar-refractivity contribution in [2.75, 3.05) is 0 Å². The standard InChI is InChI=1S/C9H12BrNO/c1-5-3-7(6(2)11)9(12)8(10)4-5/h3-4,6,12H,11H2,1-2H3/t6-/m0/s1. The van der Waals surface area contributed by atoms with E-state index < -0.39 is 0 Å². The number of aryl methyl sites for hydroxylation is 1. The molecular weight excluding hydrogens is 218 g/mol. The maximum absolute atomic E-state index is 9.57. The van der Waals surface area contributed by atoms with Gasteiger partial charge in [0.2, 0.25) is 0 Å². The summed E-state index contributed by atoms with van der Waals surface area (Å²) in [5, 5.41) is 9.57. The molecule has 0 aliphatic carbocycles. The van der Waals surface area contributed by atoms with Gasteiger partial charge < -0.3 is 10.8 Å². The molecule has 0 spiro atoms. The van der Waals surface area contributed by atoms with E-state index in [9.17, 15) is 5.11 Å². The first-order valence-corrected chi connectivity index (χ1v) is 4.56. The van der Waals surface area contributed by atoms with Crippen molar-refractivity contribution in [3.8, 4) is 5.75 Å². The molecule has 1 aromatic carbocycles. The SMILES string of the molecule is Cc1cc(Br)c(O)c([C@H](C)N)c1. The average Bonchev–Trinajstić information content (AvgIpc) is 1.96. The molecule has 2 nitrogen and oxygen atoms in total. The van der Waals surface area contributed by atoms with Gasteiger partial charge in [0.25, 0.3) is 0 Å². The maximum atomic E-state index is 9.57. The van der Waals surface area contributed by atoms with Gasteiger partial charge in [0.15, 0.2) is 0 Å². The summed E-state index contributed by atoms with van der Waals surface area (Å²) in [4.78, 5) is 0. The summed E-state index contributed by atoms with van der Waals surface area (Å²) >= 11 is 3.26. The quantitative estimate of drug-likeness (QED) is 0.778. The van der Waals surface area contributed by atoms with Gasteiger partial charge >= 0.3 is 0 Å². The molecule has 66 valence electrons. The normalized spacial score (nSPS) is 13.0. The lowest BCUT2D eigenvalue weighted by Crippen LogP contribution is -2.05. The van der Waals surface area contributed by atoms with Gasteiger partial charge in [-0.25, -0.2) is 0 Å². The van der Waals surface area contributed by atoms with E-state index in [1.165, 1.54) is 0 Å². The zero-order valence-corrected chi connectivity index (χ0v) is 8.72. The van der Waals surface area contributed by atoms with Crippen LogP contribution < -0.4 is 5.73 Å². The van der Waals surface area contributed by atoms with Gasteiger partial charge in [-0.05, 0) is 41.4 Å². The molecule has 3 N–H and O–H groups in total. The summed E-state index contributed by atoms with van der Waals surface area (Å²) in [5.74, 6) is 0.246. The zero-order chi connectivity index (χ0) is 9.30. The molecule has 0 aromatic heterocycles. The molecule has 1 rings (SSSR count). The van der Waals surface area contributed by atoms with Gasteiger partial charge in [-0.3, -0.25) is 0 Å². The number of benzene rings is 1. The third kappa shape index (κ3) is 1.79. The van der Waals surface area contributed by atoms with E-state index >= 15 is 0 Å².